The molecule has 3 rings (SSSR count). The summed E-state index contributed by atoms with van der Waals surface area (Å²) in [5.41, 5.74) is 4.47. The van der Waals surface area contributed by atoms with E-state index in [0.717, 1.165) is 16.7 Å². The lowest BCUT2D eigenvalue weighted by Crippen LogP contribution is -2.33. The van der Waals surface area contributed by atoms with Crippen LogP contribution in [0.5, 0.6) is 0 Å². The van der Waals surface area contributed by atoms with E-state index in [1.807, 2.05) is 44.2 Å². The number of carbonyl (C=O) groups excluding carboxylic acids is 1. The number of nitrogens with one attached hydrogen (secondary N) is 1. The van der Waals surface area contributed by atoms with Gasteiger partial charge in [-0.1, -0.05) is 29.8 Å². The third-order valence-corrected chi connectivity index (χ3v) is 4.83. The lowest BCUT2D eigenvalue weighted by molar-refractivity contribution is -0.121. The van der Waals surface area contributed by atoms with Crippen LogP contribution in [0.2, 0.25) is 5.02 Å². The fourth-order valence-corrected chi connectivity index (χ4v) is 3.02. The zero-order chi connectivity index (χ0) is 18.8. The van der Waals surface area contributed by atoms with Gasteiger partial charge in [-0.25, -0.2) is 4.98 Å². The van der Waals surface area contributed by atoms with Gasteiger partial charge in [0.2, 0.25) is 5.91 Å². The molecule has 5 nitrogen and oxygen atoms in total. The van der Waals surface area contributed by atoms with Crippen LogP contribution in [0, 0.1) is 20.8 Å². The number of halogens is 1. The summed E-state index contributed by atoms with van der Waals surface area (Å²) in [6.07, 6.45) is 0. The molecular weight excluding hydrogens is 350 g/mol. The van der Waals surface area contributed by atoms with Crippen LogP contribution in [0.3, 0.4) is 0 Å². The lowest BCUT2D eigenvalue weighted by Gasteiger charge is -2.13. The van der Waals surface area contributed by atoms with E-state index in [4.69, 9.17) is 11.6 Å². The summed E-state index contributed by atoms with van der Waals surface area (Å²) in [6.45, 7) is 5.88. The van der Waals surface area contributed by atoms with Crippen molar-refractivity contribution < 1.29 is 4.79 Å². The highest BCUT2D eigenvalue weighted by Gasteiger charge is 2.13. The van der Waals surface area contributed by atoms with E-state index in [1.54, 1.807) is 13.0 Å². The first kappa shape index (κ1) is 18.1. The summed E-state index contributed by atoms with van der Waals surface area (Å²) >= 11 is 6.11. The zero-order valence-corrected chi connectivity index (χ0v) is 15.7. The molecule has 6 heteroatoms. The number of aryl methyl sites for hydroxylation is 3. The summed E-state index contributed by atoms with van der Waals surface area (Å²) in [5, 5.41) is 3.42. The average Bonchev–Trinajstić information content (AvgIpc) is 2.60. The van der Waals surface area contributed by atoms with Crippen molar-refractivity contribution in [3.63, 3.8) is 0 Å². The standard InChI is InChI=1S/C20H20ClN3O2/c1-12-8-17-18(9-13(12)2)24(20(26)14(3)23-17)11-19(25)22-10-15-6-4-5-7-16(15)21/h4-9H,10-11H2,1-3H3,(H,22,25). The molecular formula is C20H20ClN3O2. The van der Waals surface area contributed by atoms with Crippen LogP contribution in [0.4, 0.5) is 0 Å². The van der Waals surface area contributed by atoms with E-state index in [-0.39, 0.29) is 18.0 Å². The van der Waals surface area contributed by atoms with Crippen molar-refractivity contribution in [2.45, 2.75) is 33.9 Å². The Balaban J connectivity index is 1.89. The third kappa shape index (κ3) is 3.63. The van der Waals surface area contributed by atoms with Crippen molar-refractivity contribution in [1.29, 1.82) is 0 Å². The molecule has 1 heterocycles. The SMILES string of the molecule is Cc1cc2nc(C)c(=O)n(CC(=O)NCc3ccccc3Cl)c2cc1C. The molecule has 0 spiro atoms. The molecule has 3 aromatic rings. The van der Waals surface area contributed by atoms with Crippen LogP contribution < -0.4 is 10.9 Å². The second-order valence-corrected chi connectivity index (χ2v) is 6.79. The van der Waals surface area contributed by atoms with Gasteiger partial charge in [-0.2, -0.15) is 0 Å². The van der Waals surface area contributed by atoms with E-state index < -0.39 is 0 Å². The maximum absolute atomic E-state index is 12.5. The molecule has 1 aromatic heterocycles. The lowest BCUT2D eigenvalue weighted by atomic mass is 10.1. The van der Waals surface area contributed by atoms with Gasteiger partial charge in [0.25, 0.3) is 5.56 Å². The summed E-state index contributed by atoms with van der Waals surface area (Å²) in [7, 11) is 0. The van der Waals surface area contributed by atoms with Crippen LogP contribution in [0.1, 0.15) is 22.4 Å². The highest BCUT2D eigenvalue weighted by Crippen LogP contribution is 2.17. The molecule has 0 aliphatic rings. The summed E-state index contributed by atoms with van der Waals surface area (Å²) < 4.78 is 1.48. The first-order valence-electron chi connectivity index (χ1n) is 8.35. The Bertz CT molecular complexity index is 1060. The molecule has 0 saturated carbocycles. The molecule has 0 radical (unpaired) electrons. The normalized spacial score (nSPS) is 10.9. The molecule has 0 atom stereocenters. The van der Waals surface area contributed by atoms with E-state index in [0.29, 0.717) is 28.3 Å². The minimum absolute atomic E-state index is 0.0638. The number of hydrogen-bond donors (Lipinski definition) is 1. The van der Waals surface area contributed by atoms with E-state index >= 15 is 0 Å². The number of nitrogens with zero attached hydrogens (tertiary/aromatic N) is 2. The van der Waals surface area contributed by atoms with Gasteiger partial charge >= 0.3 is 0 Å². The van der Waals surface area contributed by atoms with E-state index in [9.17, 15) is 9.59 Å². The maximum Gasteiger partial charge on any atom is 0.272 e. The highest BCUT2D eigenvalue weighted by atomic mass is 35.5. The smallest absolute Gasteiger partial charge is 0.272 e. The van der Waals surface area contributed by atoms with Gasteiger partial charge in [0.05, 0.1) is 11.0 Å². The van der Waals surface area contributed by atoms with Crippen molar-refractivity contribution in [2.24, 2.45) is 0 Å². The van der Waals surface area contributed by atoms with Gasteiger partial charge < -0.3 is 5.32 Å². The number of carbonyl (C=O) groups is 1. The number of rotatable bonds is 4. The molecule has 0 aliphatic carbocycles. The number of fused-ring (bicyclic) bond motifs is 1. The molecule has 0 fully saturated rings. The Morgan fingerprint density at radius 3 is 2.58 bits per heavy atom. The van der Waals surface area contributed by atoms with Gasteiger partial charge in [0.15, 0.2) is 0 Å². The predicted molar refractivity (Wildman–Crippen MR) is 104 cm³/mol. The van der Waals surface area contributed by atoms with Crippen LogP contribution in [-0.2, 0) is 17.9 Å². The summed E-state index contributed by atoms with van der Waals surface area (Å²) in [5.74, 6) is -0.253. The van der Waals surface area contributed by atoms with Crippen molar-refractivity contribution in [3.05, 3.63) is 74.2 Å². The summed E-state index contributed by atoms with van der Waals surface area (Å²) in [6, 6.07) is 11.2. The Kier molecular flexibility index (Phi) is 5.09. The molecule has 0 bridgehead atoms. The van der Waals surface area contributed by atoms with Gasteiger partial charge in [-0.3, -0.25) is 14.2 Å². The zero-order valence-electron chi connectivity index (χ0n) is 15.0. The van der Waals surface area contributed by atoms with Gasteiger partial charge in [0, 0.05) is 11.6 Å². The number of aromatic nitrogens is 2. The molecule has 0 unspecified atom stereocenters. The molecule has 26 heavy (non-hydrogen) atoms. The predicted octanol–water partition coefficient (Wildman–Crippen LogP) is 3.29. The maximum atomic E-state index is 12.5. The quantitative estimate of drug-likeness (QED) is 0.767. The van der Waals surface area contributed by atoms with E-state index in [1.165, 1.54) is 4.57 Å². The minimum Gasteiger partial charge on any atom is -0.350 e. The monoisotopic (exact) mass is 369 g/mol. The molecule has 0 saturated heterocycles. The number of amides is 1. The largest absolute Gasteiger partial charge is 0.350 e. The molecule has 2 aromatic carbocycles. The second kappa shape index (κ2) is 7.30. The van der Waals surface area contributed by atoms with Crippen LogP contribution in [-0.4, -0.2) is 15.5 Å². The molecule has 1 amide bonds. The average molecular weight is 370 g/mol. The molecule has 0 aliphatic heterocycles. The molecule has 1 N–H and O–H groups in total. The van der Waals surface area contributed by atoms with Crippen LogP contribution >= 0.6 is 11.6 Å². The second-order valence-electron chi connectivity index (χ2n) is 6.38. The van der Waals surface area contributed by atoms with Crippen molar-refractivity contribution >= 4 is 28.5 Å². The Morgan fingerprint density at radius 1 is 1.15 bits per heavy atom. The minimum atomic E-state index is -0.256. The number of benzene rings is 2. The summed E-state index contributed by atoms with van der Waals surface area (Å²) in [4.78, 5) is 29.3. The van der Waals surface area contributed by atoms with Gasteiger partial charge in [-0.05, 0) is 55.7 Å². The van der Waals surface area contributed by atoms with Crippen molar-refractivity contribution in [2.75, 3.05) is 0 Å². The Morgan fingerprint density at radius 2 is 1.85 bits per heavy atom. The van der Waals surface area contributed by atoms with Crippen LogP contribution in [0.25, 0.3) is 11.0 Å². The highest BCUT2D eigenvalue weighted by molar-refractivity contribution is 6.31. The molecule has 134 valence electrons. The topological polar surface area (TPSA) is 64.0 Å². The number of hydrogen-bond acceptors (Lipinski definition) is 3. The fourth-order valence-electron chi connectivity index (χ4n) is 2.82. The Labute approximate surface area is 156 Å². The van der Waals surface area contributed by atoms with Crippen LogP contribution in [0.15, 0.2) is 41.2 Å². The first-order valence-corrected chi connectivity index (χ1v) is 8.73. The third-order valence-electron chi connectivity index (χ3n) is 4.46. The van der Waals surface area contributed by atoms with E-state index in [2.05, 4.69) is 10.3 Å². The first-order chi connectivity index (χ1) is 12.4. The van der Waals surface area contributed by atoms with Gasteiger partial charge in [0.1, 0.15) is 12.2 Å². The van der Waals surface area contributed by atoms with Crippen molar-refractivity contribution in [3.8, 4) is 0 Å². The van der Waals surface area contributed by atoms with Crippen molar-refractivity contribution in [1.82, 2.24) is 14.9 Å². The van der Waals surface area contributed by atoms with Gasteiger partial charge in [-0.15, -0.1) is 0 Å². The Hall–Kier alpha value is -2.66. The fraction of sp³-hybridized carbons (Fsp3) is 0.250.